The quantitative estimate of drug-likeness (QED) is 0.727. The van der Waals surface area contributed by atoms with Crippen LogP contribution in [-0.4, -0.2) is 45.6 Å². The number of rotatable bonds is 4. The van der Waals surface area contributed by atoms with Gasteiger partial charge in [-0.2, -0.15) is 4.98 Å². The Hall–Kier alpha value is -2.00. The second-order valence-corrected chi connectivity index (χ2v) is 5.29. The molecular weight excluding hydrogens is 297 g/mol. The number of carbonyl (C=O) groups is 1. The molecule has 1 aliphatic heterocycles. The van der Waals surface area contributed by atoms with Crippen LogP contribution < -0.4 is 11.4 Å². The fourth-order valence-corrected chi connectivity index (χ4v) is 2.10. The summed E-state index contributed by atoms with van der Waals surface area (Å²) < 4.78 is 25.8. The van der Waals surface area contributed by atoms with Crippen molar-refractivity contribution in [2.75, 3.05) is 12.3 Å². The molecule has 122 valence electrons. The Morgan fingerprint density at radius 2 is 2.32 bits per heavy atom. The number of nitrogens with two attached hydrogens (primary N) is 1. The molecule has 0 bridgehead atoms. The van der Waals surface area contributed by atoms with Gasteiger partial charge in [-0.3, -0.25) is 9.36 Å². The van der Waals surface area contributed by atoms with Gasteiger partial charge in [0.05, 0.1) is 12.5 Å². The van der Waals surface area contributed by atoms with Crippen LogP contribution in [0.25, 0.3) is 0 Å². The lowest BCUT2D eigenvalue weighted by Gasteiger charge is -2.19. The molecule has 22 heavy (non-hydrogen) atoms. The van der Waals surface area contributed by atoms with Gasteiger partial charge in [-0.25, -0.2) is 9.18 Å². The topological polar surface area (TPSA) is 117 Å². The summed E-state index contributed by atoms with van der Waals surface area (Å²) in [4.78, 5) is 26.9. The monoisotopic (exact) mass is 315 g/mol. The van der Waals surface area contributed by atoms with Crippen molar-refractivity contribution >= 4 is 11.8 Å². The van der Waals surface area contributed by atoms with E-state index in [9.17, 15) is 19.1 Å². The molecule has 2 heterocycles. The molecule has 0 spiro atoms. The molecular formula is C13H18FN3O5. The van der Waals surface area contributed by atoms with E-state index < -0.39 is 48.8 Å². The Balaban J connectivity index is 2.25. The van der Waals surface area contributed by atoms with E-state index in [1.165, 1.54) is 12.3 Å². The molecule has 0 amide bonds. The molecule has 8 nitrogen and oxygen atoms in total. The van der Waals surface area contributed by atoms with E-state index in [1.54, 1.807) is 13.8 Å². The number of aliphatic hydroxyl groups excluding tert-OH is 1. The molecule has 2 rings (SSSR count). The number of aromatic nitrogens is 2. The van der Waals surface area contributed by atoms with Gasteiger partial charge in [-0.15, -0.1) is 0 Å². The number of aliphatic hydroxyl groups is 1. The largest absolute Gasteiger partial charge is 0.456 e. The Kier molecular flexibility index (Phi) is 4.77. The molecule has 0 aliphatic carbocycles. The molecule has 1 saturated heterocycles. The summed E-state index contributed by atoms with van der Waals surface area (Å²) in [6.45, 7) is 2.65. The fraction of sp³-hybridized carbons (Fsp3) is 0.615. The van der Waals surface area contributed by atoms with Gasteiger partial charge in [0.15, 0.2) is 18.5 Å². The fourth-order valence-electron chi connectivity index (χ4n) is 2.10. The van der Waals surface area contributed by atoms with E-state index in [1.807, 2.05) is 0 Å². The summed E-state index contributed by atoms with van der Waals surface area (Å²) in [5.41, 5.74) is 4.58. The van der Waals surface area contributed by atoms with Gasteiger partial charge < -0.3 is 20.3 Å². The number of hydrogen-bond acceptors (Lipinski definition) is 7. The number of anilines is 1. The predicted octanol–water partition coefficient (Wildman–Crippen LogP) is -0.379. The SMILES string of the molecule is CC(C)C(=O)O[C@H]1[C@@H](F)[C@H](n2ccc(N)nc2=O)O[C@@H]1CO. The van der Waals surface area contributed by atoms with Gasteiger partial charge in [-0.1, -0.05) is 13.8 Å². The Labute approximate surface area is 125 Å². The molecule has 1 aromatic rings. The number of nitrogens with zero attached hydrogens (tertiary/aromatic N) is 2. The smallest absolute Gasteiger partial charge is 0.351 e. The van der Waals surface area contributed by atoms with E-state index >= 15 is 0 Å². The summed E-state index contributed by atoms with van der Waals surface area (Å²) in [7, 11) is 0. The third-order valence-corrected chi connectivity index (χ3v) is 3.30. The molecule has 9 heteroatoms. The highest BCUT2D eigenvalue weighted by Gasteiger charge is 2.48. The van der Waals surface area contributed by atoms with E-state index in [2.05, 4.69) is 4.98 Å². The lowest BCUT2D eigenvalue weighted by Crippen LogP contribution is -2.37. The van der Waals surface area contributed by atoms with Crippen molar-refractivity contribution in [3.63, 3.8) is 0 Å². The molecule has 1 aliphatic rings. The van der Waals surface area contributed by atoms with Gasteiger partial charge in [0, 0.05) is 6.20 Å². The minimum atomic E-state index is -1.82. The third-order valence-electron chi connectivity index (χ3n) is 3.30. The summed E-state index contributed by atoms with van der Waals surface area (Å²) >= 11 is 0. The van der Waals surface area contributed by atoms with Crippen LogP contribution in [0.1, 0.15) is 20.1 Å². The van der Waals surface area contributed by atoms with Crippen molar-refractivity contribution in [1.29, 1.82) is 0 Å². The highest BCUT2D eigenvalue weighted by atomic mass is 19.1. The number of halogens is 1. The summed E-state index contributed by atoms with van der Waals surface area (Å²) in [5, 5.41) is 9.28. The van der Waals surface area contributed by atoms with E-state index in [0.29, 0.717) is 0 Å². The lowest BCUT2D eigenvalue weighted by atomic mass is 10.1. The summed E-state index contributed by atoms with van der Waals surface area (Å²) in [6, 6.07) is 1.32. The van der Waals surface area contributed by atoms with E-state index in [-0.39, 0.29) is 5.82 Å². The van der Waals surface area contributed by atoms with Gasteiger partial charge in [0.1, 0.15) is 11.9 Å². The molecule has 1 aromatic heterocycles. The predicted molar refractivity (Wildman–Crippen MR) is 73.5 cm³/mol. The van der Waals surface area contributed by atoms with Gasteiger partial charge in [-0.05, 0) is 6.07 Å². The van der Waals surface area contributed by atoms with Gasteiger partial charge >= 0.3 is 11.7 Å². The van der Waals surface area contributed by atoms with Crippen molar-refractivity contribution < 1.29 is 23.8 Å². The van der Waals surface area contributed by atoms with E-state index in [0.717, 1.165) is 4.57 Å². The van der Waals surface area contributed by atoms with Crippen LogP contribution >= 0.6 is 0 Å². The Morgan fingerprint density at radius 1 is 1.64 bits per heavy atom. The molecule has 0 saturated carbocycles. The zero-order valence-corrected chi connectivity index (χ0v) is 12.2. The normalized spacial score (nSPS) is 28.0. The Bertz CT molecular complexity index is 606. The zero-order valence-electron chi connectivity index (χ0n) is 12.2. The maximum atomic E-state index is 14.5. The lowest BCUT2D eigenvalue weighted by molar-refractivity contribution is -0.158. The first-order valence-corrected chi connectivity index (χ1v) is 6.80. The number of nitrogen functional groups attached to an aromatic ring is 1. The van der Waals surface area contributed by atoms with Crippen molar-refractivity contribution in [3.8, 4) is 0 Å². The van der Waals surface area contributed by atoms with Crippen LogP contribution in [0.15, 0.2) is 17.1 Å². The molecule has 0 aromatic carbocycles. The van der Waals surface area contributed by atoms with Gasteiger partial charge in [0.25, 0.3) is 0 Å². The Morgan fingerprint density at radius 3 is 2.86 bits per heavy atom. The highest BCUT2D eigenvalue weighted by molar-refractivity contribution is 5.71. The number of carbonyl (C=O) groups excluding carboxylic acids is 1. The molecule has 0 radical (unpaired) electrons. The van der Waals surface area contributed by atoms with Gasteiger partial charge in [0.2, 0.25) is 0 Å². The molecule has 0 unspecified atom stereocenters. The second-order valence-electron chi connectivity index (χ2n) is 5.29. The number of esters is 1. The first-order valence-electron chi connectivity index (χ1n) is 6.80. The first-order chi connectivity index (χ1) is 10.3. The third kappa shape index (κ3) is 3.09. The first kappa shape index (κ1) is 16.4. The van der Waals surface area contributed by atoms with Crippen LogP contribution in [0.5, 0.6) is 0 Å². The average Bonchev–Trinajstić information content (AvgIpc) is 2.76. The maximum absolute atomic E-state index is 14.5. The van der Waals surface area contributed by atoms with Crippen LogP contribution in [0.4, 0.5) is 10.2 Å². The number of ether oxygens (including phenoxy) is 2. The summed E-state index contributed by atoms with van der Waals surface area (Å²) in [5.74, 6) is -1.07. The number of hydrogen-bond donors (Lipinski definition) is 2. The second kappa shape index (κ2) is 6.41. The van der Waals surface area contributed by atoms with E-state index in [4.69, 9.17) is 15.2 Å². The van der Waals surface area contributed by atoms with Crippen LogP contribution in [0.2, 0.25) is 0 Å². The van der Waals surface area contributed by atoms with Crippen LogP contribution in [-0.2, 0) is 14.3 Å². The minimum Gasteiger partial charge on any atom is -0.456 e. The minimum absolute atomic E-state index is 0.00357. The molecule has 3 N–H and O–H groups in total. The van der Waals surface area contributed by atoms with Crippen molar-refractivity contribution in [1.82, 2.24) is 9.55 Å². The van der Waals surface area contributed by atoms with Crippen molar-refractivity contribution in [2.45, 2.75) is 38.5 Å². The van der Waals surface area contributed by atoms with Crippen LogP contribution in [0.3, 0.4) is 0 Å². The number of alkyl halides is 1. The van der Waals surface area contributed by atoms with Crippen LogP contribution in [0, 0.1) is 5.92 Å². The molecule has 4 atom stereocenters. The zero-order chi connectivity index (χ0) is 16.4. The van der Waals surface area contributed by atoms with Crippen molar-refractivity contribution in [3.05, 3.63) is 22.7 Å². The highest BCUT2D eigenvalue weighted by Crippen LogP contribution is 2.33. The maximum Gasteiger partial charge on any atom is 0.351 e. The summed E-state index contributed by atoms with van der Waals surface area (Å²) in [6.07, 6.45) is -4.28. The molecule has 1 fully saturated rings. The van der Waals surface area contributed by atoms with Crippen molar-refractivity contribution in [2.24, 2.45) is 5.92 Å². The standard InChI is InChI=1S/C13H18FN3O5/c1-6(2)12(19)22-10-7(5-18)21-11(9(10)14)17-4-3-8(15)16-13(17)20/h3-4,6-7,9-11,18H,5H2,1-2H3,(H2,15,16,20)/t7-,9-,10-,11-/m1/s1. The average molecular weight is 315 g/mol.